The first kappa shape index (κ1) is 13.7. The predicted molar refractivity (Wildman–Crippen MR) is 77.2 cm³/mol. The number of aromatic nitrogens is 1. The van der Waals surface area contributed by atoms with E-state index in [1.54, 1.807) is 12.1 Å². The van der Waals surface area contributed by atoms with E-state index in [9.17, 15) is 13.2 Å². The quantitative estimate of drug-likeness (QED) is 0.700. The van der Waals surface area contributed by atoms with E-state index in [-0.39, 0.29) is 0 Å². The number of fused-ring (bicyclic) bond motifs is 1. The molecule has 3 aromatic rings. The van der Waals surface area contributed by atoms with Gasteiger partial charge in [0.2, 0.25) is 0 Å². The minimum absolute atomic E-state index is 0.598. The summed E-state index contributed by atoms with van der Waals surface area (Å²) in [7, 11) is 0. The maximum absolute atomic E-state index is 12.5. The van der Waals surface area contributed by atoms with Gasteiger partial charge in [0, 0.05) is 11.7 Å². The first-order valence-electron chi connectivity index (χ1n) is 6.74. The number of benzene rings is 2. The second kappa shape index (κ2) is 5.28. The normalized spacial score (nSPS) is 12.0. The van der Waals surface area contributed by atoms with Crippen molar-refractivity contribution in [3.8, 4) is 0 Å². The van der Waals surface area contributed by atoms with Gasteiger partial charge in [-0.3, -0.25) is 0 Å². The molecule has 0 spiro atoms. The van der Waals surface area contributed by atoms with Gasteiger partial charge in [0.1, 0.15) is 0 Å². The highest BCUT2D eigenvalue weighted by Gasteiger charge is 2.29. The van der Waals surface area contributed by atoms with Crippen molar-refractivity contribution < 1.29 is 13.2 Å². The Kier molecular flexibility index (Phi) is 3.45. The lowest BCUT2D eigenvalue weighted by atomic mass is 10.0. The molecular formula is C17H14F3N. The van der Waals surface area contributed by atoms with Crippen LogP contribution < -0.4 is 0 Å². The Hall–Kier alpha value is -2.23. The standard InChI is InChI=1S/C17H14F3N/c18-17(19,20)15-7-4-12(5-8-15)1-2-13-3-6-14-9-10-21-16(14)11-13/h3-11,21H,1-2H2. The van der Waals surface area contributed by atoms with Gasteiger partial charge in [-0.25, -0.2) is 0 Å². The van der Waals surface area contributed by atoms with Gasteiger partial charge < -0.3 is 4.98 Å². The Balaban J connectivity index is 1.69. The largest absolute Gasteiger partial charge is 0.416 e. The van der Waals surface area contributed by atoms with Gasteiger partial charge in [0.25, 0.3) is 0 Å². The highest BCUT2D eigenvalue weighted by molar-refractivity contribution is 5.79. The van der Waals surface area contributed by atoms with E-state index in [4.69, 9.17) is 0 Å². The van der Waals surface area contributed by atoms with Crippen molar-refractivity contribution in [1.29, 1.82) is 0 Å². The summed E-state index contributed by atoms with van der Waals surface area (Å²) in [5.41, 5.74) is 2.57. The molecule has 0 aliphatic carbocycles. The van der Waals surface area contributed by atoms with E-state index < -0.39 is 11.7 Å². The van der Waals surface area contributed by atoms with Crippen molar-refractivity contribution in [2.24, 2.45) is 0 Å². The first-order chi connectivity index (χ1) is 10.0. The van der Waals surface area contributed by atoms with Crippen molar-refractivity contribution in [3.63, 3.8) is 0 Å². The molecule has 108 valence electrons. The molecule has 3 rings (SSSR count). The zero-order valence-corrected chi connectivity index (χ0v) is 11.2. The van der Waals surface area contributed by atoms with Crippen LogP contribution in [-0.4, -0.2) is 4.98 Å². The van der Waals surface area contributed by atoms with E-state index in [1.807, 2.05) is 18.3 Å². The van der Waals surface area contributed by atoms with Crippen LogP contribution in [0.5, 0.6) is 0 Å². The summed E-state index contributed by atoms with van der Waals surface area (Å²) in [6.07, 6.45) is -0.841. The van der Waals surface area contributed by atoms with Crippen LogP contribution in [0.2, 0.25) is 0 Å². The molecule has 0 saturated heterocycles. The van der Waals surface area contributed by atoms with E-state index in [0.29, 0.717) is 0 Å². The van der Waals surface area contributed by atoms with Crippen LogP contribution in [-0.2, 0) is 19.0 Å². The molecular weight excluding hydrogens is 275 g/mol. The molecule has 1 aromatic heterocycles. The summed E-state index contributed by atoms with van der Waals surface area (Å²) in [6, 6.07) is 13.6. The second-order valence-corrected chi connectivity index (χ2v) is 5.09. The average Bonchev–Trinajstić information content (AvgIpc) is 2.92. The Morgan fingerprint density at radius 1 is 0.810 bits per heavy atom. The Morgan fingerprint density at radius 2 is 1.48 bits per heavy atom. The minimum Gasteiger partial charge on any atom is -0.361 e. The van der Waals surface area contributed by atoms with Crippen molar-refractivity contribution in [3.05, 3.63) is 71.4 Å². The van der Waals surface area contributed by atoms with Gasteiger partial charge in [-0.1, -0.05) is 24.3 Å². The van der Waals surface area contributed by atoms with Crippen LogP contribution in [0.3, 0.4) is 0 Å². The van der Waals surface area contributed by atoms with Crippen LogP contribution in [0.4, 0.5) is 13.2 Å². The smallest absolute Gasteiger partial charge is 0.361 e. The molecule has 0 aliphatic rings. The molecule has 0 radical (unpaired) electrons. The van der Waals surface area contributed by atoms with Crippen LogP contribution in [0.1, 0.15) is 16.7 Å². The first-order valence-corrected chi connectivity index (χ1v) is 6.74. The molecule has 0 saturated carbocycles. The molecule has 1 nitrogen and oxygen atoms in total. The van der Waals surface area contributed by atoms with Gasteiger partial charge in [0.05, 0.1) is 5.56 Å². The van der Waals surface area contributed by atoms with E-state index in [1.165, 1.54) is 5.56 Å². The third kappa shape index (κ3) is 3.10. The molecule has 21 heavy (non-hydrogen) atoms. The van der Waals surface area contributed by atoms with Crippen LogP contribution in [0.25, 0.3) is 10.9 Å². The molecule has 2 aromatic carbocycles. The van der Waals surface area contributed by atoms with Crippen molar-refractivity contribution in [1.82, 2.24) is 4.98 Å². The number of alkyl halides is 3. The van der Waals surface area contributed by atoms with E-state index in [0.717, 1.165) is 41.4 Å². The summed E-state index contributed by atoms with van der Waals surface area (Å²) >= 11 is 0. The summed E-state index contributed by atoms with van der Waals surface area (Å²) in [5, 5.41) is 1.16. The molecule has 0 amide bonds. The Labute approximate surface area is 120 Å². The summed E-state index contributed by atoms with van der Waals surface area (Å²) < 4.78 is 37.5. The fourth-order valence-corrected chi connectivity index (χ4v) is 2.40. The average molecular weight is 289 g/mol. The van der Waals surface area contributed by atoms with Gasteiger partial charge in [-0.15, -0.1) is 0 Å². The van der Waals surface area contributed by atoms with E-state index >= 15 is 0 Å². The van der Waals surface area contributed by atoms with Crippen molar-refractivity contribution in [2.75, 3.05) is 0 Å². The number of rotatable bonds is 3. The SMILES string of the molecule is FC(F)(F)c1ccc(CCc2ccc3cc[nH]c3c2)cc1. The maximum Gasteiger partial charge on any atom is 0.416 e. The number of hydrogen-bond acceptors (Lipinski definition) is 0. The fourth-order valence-electron chi connectivity index (χ4n) is 2.40. The van der Waals surface area contributed by atoms with Crippen LogP contribution >= 0.6 is 0 Å². The van der Waals surface area contributed by atoms with Crippen molar-refractivity contribution >= 4 is 10.9 Å². The topological polar surface area (TPSA) is 15.8 Å². The second-order valence-electron chi connectivity index (χ2n) is 5.09. The highest BCUT2D eigenvalue weighted by Crippen LogP contribution is 2.29. The lowest BCUT2D eigenvalue weighted by molar-refractivity contribution is -0.137. The lowest BCUT2D eigenvalue weighted by Crippen LogP contribution is -2.04. The zero-order chi connectivity index (χ0) is 14.9. The fraction of sp³-hybridized carbons (Fsp3) is 0.176. The van der Waals surface area contributed by atoms with Gasteiger partial charge >= 0.3 is 6.18 Å². The third-order valence-corrected chi connectivity index (χ3v) is 3.60. The Morgan fingerprint density at radius 3 is 2.19 bits per heavy atom. The Bertz CT molecular complexity index is 739. The number of aryl methyl sites for hydroxylation is 2. The summed E-state index contributed by atoms with van der Waals surface area (Å²) in [6.45, 7) is 0. The molecule has 1 N–H and O–H groups in total. The monoisotopic (exact) mass is 289 g/mol. The molecule has 1 heterocycles. The molecule has 0 bridgehead atoms. The highest BCUT2D eigenvalue weighted by atomic mass is 19.4. The van der Waals surface area contributed by atoms with Gasteiger partial charge in [0.15, 0.2) is 0 Å². The van der Waals surface area contributed by atoms with Crippen molar-refractivity contribution in [2.45, 2.75) is 19.0 Å². The summed E-state index contributed by atoms with van der Waals surface area (Å²) in [4.78, 5) is 3.16. The van der Waals surface area contributed by atoms with Gasteiger partial charge in [-0.05, 0) is 53.6 Å². The summed E-state index contributed by atoms with van der Waals surface area (Å²) in [5.74, 6) is 0. The van der Waals surface area contributed by atoms with E-state index in [2.05, 4.69) is 17.1 Å². The maximum atomic E-state index is 12.5. The number of H-pyrrole nitrogens is 1. The zero-order valence-electron chi connectivity index (χ0n) is 11.2. The molecule has 0 aliphatic heterocycles. The lowest BCUT2D eigenvalue weighted by Gasteiger charge is -2.07. The number of halogens is 3. The van der Waals surface area contributed by atoms with Gasteiger partial charge in [-0.2, -0.15) is 13.2 Å². The molecule has 0 unspecified atom stereocenters. The van der Waals surface area contributed by atoms with Crippen LogP contribution in [0.15, 0.2) is 54.7 Å². The molecule has 0 fully saturated rings. The molecule has 4 heteroatoms. The van der Waals surface area contributed by atoms with Crippen LogP contribution in [0, 0.1) is 0 Å². The number of nitrogens with one attached hydrogen (secondary N) is 1. The molecule has 0 atom stereocenters. The third-order valence-electron chi connectivity index (χ3n) is 3.60. The minimum atomic E-state index is -4.27. The predicted octanol–water partition coefficient (Wildman–Crippen LogP) is 4.97. The number of hydrogen-bond donors (Lipinski definition) is 1. The number of aromatic amines is 1.